The Kier molecular flexibility index (Phi) is 6.09. The van der Waals surface area contributed by atoms with Crippen molar-refractivity contribution in [1.29, 1.82) is 0 Å². The number of esters is 2. The van der Waals surface area contributed by atoms with Crippen molar-refractivity contribution in [2.75, 3.05) is 27.3 Å². The van der Waals surface area contributed by atoms with Gasteiger partial charge in [-0.15, -0.1) is 0 Å². The zero-order chi connectivity index (χ0) is 25.0. The summed E-state index contributed by atoms with van der Waals surface area (Å²) >= 11 is 0. The Bertz CT molecular complexity index is 1050. The van der Waals surface area contributed by atoms with E-state index < -0.39 is 0 Å². The maximum atomic E-state index is 13.5. The first-order valence-electron chi connectivity index (χ1n) is 13.7. The number of methoxy groups -OCH3 is 2. The predicted molar refractivity (Wildman–Crippen MR) is 133 cm³/mol. The zero-order valence-electron chi connectivity index (χ0n) is 21.5. The van der Waals surface area contributed by atoms with E-state index in [2.05, 4.69) is 10.2 Å². The van der Waals surface area contributed by atoms with Crippen LogP contribution in [-0.2, 0) is 25.5 Å². The fourth-order valence-corrected chi connectivity index (χ4v) is 8.95. The maximum Gasteiger partial charge on any atom is 0.337 e. The Morgan fingerprint density at radius 2 is 1.69 bits per heavy atom. The summed E-state index contributed by atoms with van der Waals surface area (Å²) < 4.78 is 9.97. The number of hydrogen-bond acceptors (Lipinski definition) is 6. The third-order valence-electron chi connectivity index (χ3n) is 9.86. The van der Waals surface area contributed by atoms with Crippen molar-refractivity contribution in [1.82, 2.24) is 10.2 Å². The van der Waals surface area contributed by atoms with Crippen LogP contribution in [0.15, 0.2) is 12.1 Å². The van der Waals surface area contributed by atoms with Gasteiger partial charge in [-0.05, 0) is 110 Å². The van der Waals surface area contributed by atoms with Gasteiger partial charge in [-0.25, -0.2) is 4.79 Å². The lowest BCUT2D eigenvalue weighted by Gasteiger charge is -2.56. The van der Waals surface area contributed by atoms with Gasteiger partial charge in [0.25, 0.3) is 0 Å². The van der Waals surface area contributed by atoms with Crippen molar-refractivity contribution < 1.29 is 23.9 Å². The van der Waals surface area contributed by atoms with Crippen LogP contribution in [0.4, 0.5) is 0 Å². The van der Waals surface area contributed by atoms with Gasteiger partial charge in [0.15, 0.2) is 0 Å². The molecular weight excluding hydrogens is 456 g/mol. The minimum absolute atomic E-state index is 0.0888. The van der Waals surface area contributed by atoms with E-state index in [9.17, 15) is 14.4 Å². The Balaban J connectivity index is 1.25. The lowest BCUT2D eigenvalue weighted by Crippen LogP contribution is -2.48. The molecule has 6 aliphatic rings. The summed E-state index contributed by atoms with van der Waals surface area (Å²) in [6.45, 7) is 0.988. The molecule has 1 N–H and O–H groups in total. The van der Waals surface area contributed by atoms with Crippen LogP contribution >= 0.6 is 0 Å². The predicted octanol–water partition coefficient (Wildman–Crippen LogP) is 4.10. The van der Waals surface area contributed by atoms with Crippen LogP contribution in [0.1, 0.15) is 96.9 Å². The van der Waals surface area contributed by atoms with Gasteiger partial charge in [0.05, 0.1) is 32.4 Å². The summed E-state index contributed by atoms with van der Waals surface area (Å²) in [4.78, 5) is 40.2. The number of carbonyl (C=O) groups excluding carboxylic acids is 3. The highest BCUT2D eigenvalue weighted by atomic mass is 16.5. The van der Waals surface area contributed by atoms with E-state index in [0.29, 0.717) is 12.0 Å². The average molecular weight is 495 g/mol. The summed E-state index contributed by atoms with van der Waals surface area (Å²) in [7, 11) is 2.82. The quantitative estimate of drug-likeness (QED) is 0.600. The van der Waals surface area contributed by atoms with Crippen molar-refractivity contribution >= 4 is 17.8 Å². The minimum atomic E-state index is -0.355. The Labute approximate surface area is 213 Å². The molecule has 0 saturated heterocycles. The molecule has 0 unspecified atom stereocenters. The SMILES string of the molecule is COC(=O)CN1CCc2cc(C(=O)OC)cc3c2[C@@H]1CC[C@H]3NC(=O)CC12CC3CC(CC(C3)C1)C2. The molecule has 7 rings (SSSR count). The van der Waals surface area contributed by atoms with Gasteiger partial charge in [-0.1, -0.05) is 0 Å². The number of hydrogen-bond donors (Lipinski definition) is 1. The Morgan fingerprint density at radius 3 is 2.33 bits per heavy atom. The number of nitrogens with zero attached hydrogens (tertiary/aromatic N) is 1. The van der Waals surface area contributed by atoms with Crippen molar-refractivity contribution in [3.05, 3.63) is 34.4 Å². The van der Waals surface area contributed by atoms with Crippen LogP contribution < -0.4 is 5.32 Å². The molecule has 194 valence electrons. The average Bonchev–Trinajstić information content (AvgIpc) is 2.84. The van der Waals surface area contributed by atoms with Gasteiger partial charge < -0.3 is 14.8 Å². The first-order chi connectivity index (χ1) is 17.4. The van der Waals surface area contributed by atoms with Gasteiger partial charge in [0, 0.05) is 19.0 Å². The number of benzene rings is 1. The second kappa shape index (κ2) is 9.16. The summed E-state index contributed by atoms with van der Waals surface area (Å²) in [5, 5.41) is 3.40. The molecule has 1 amide bonds. The topological polar surface area (TPSA) is 84.9 Å². The van der Waals surface area contributed by atoms with E-state index in [0.717, 1.165) is 54.7 Å². The molecule has 1 aromatic carbocycles. The van der Waals surface area contributed by atoms with E-state index in [4.69, 9.17) is 9.47 Å². The van der Waals surface area contributed by atoms with Crippen LogP contribution in [0.5, 0.6) is 0 Å². The van der Waals surface area contributed by atoms with E-state index in [1.54, 1.807) is 0 Å². The number of amides is 1. The summed E-state index contributed by atoms with van der Waals surface area (Å²) in [5.74, 6) is 2.03. The molecule has 0 spiro atoms. The first kappa shape index (κ1) is 24.0. The van der Waals surface area contributed by atoms with Gasteiger partial charge in [-0.2, -0.15) is 0 Å². The lowest BCUT2D eigenvalue weighted by atomic mass is 9.49. The van der Waals surface area contributed by atoms with E-state index >= 15 is 0 Å². The van der Waals surface area contributed by atoms with E-state index in [1.165, 1.54) is 58.3 Å². The molecule has 0 aromatic heterocycles. The molecule has 2 atom stereocenters. The van der Waals surface area contributed by atoms with Gasteiger partial charge in [-0.3, -0.25) is 14.5 Å². The third kappa shape index (κ3) is 4.23. The second-order valence-corrected chi connectivity index (χ2v) is 12.2. The minimum Gasteiger partial charge on any atom is -0.468 e. The van der Waals surface area contributed by atoms with Crippen LogP contribution in [0.3, 0.4) is 0 Å². The highest BCUT2D eigenvalue weighted by Gasteiger charge is 2.51. The van der Waals surface area contributed by atoms with Crippen molar-refractivity contribution in [3.63, 3.8) is 0 Å². The summed E-state index contributed by atoms with van der Waals surface area (Å²) in [6.07, 6.45) is 10.8. The molecule has 1 heterocycles. The molecule has 1 aliphatic heterocycles. The Morgan fingerprint density at radius 1 is 1.00 bits per heavy atom. The number of carbonyl (C=O) groups is 3. The largest absolute Gasteiger partial charge is 0.468 e. The molecule has 7 nitrogen and oxygen atoms in total. The molecule has 0 radical (unpaired) electrons. The second-order valence-electron chi connectivity index (χ2n) is 12.2. The third-order valence-corrected chi connectivity index (χ3v) is 9.86. The fraction of sp³-hybridized carbons (Fsp3) is 0.690. The van der Waals surface area contributed by atoms with Crippen LogP contribution in [0.2, 0.25) is 0 Å². The van der Waals surface area contributed by atoms with E-state index in [-0.39, 0.29) is 41.9 Å². The van der Waals surface area contributed by atoms with Crippen molar-refractivity contribution in [2.45, 2.75) is 76.3 Å². The molecular formula is C29H38N2O5. The zero-order valence-corrected chi connectivity index (χ0v) is 21.5. The van der Waals surface area contributed by atoms with Crippen molar-refractivity contribution in [2.24, 2.45) is 23.2 Å². The molecule has 4 fully saturated rings. The fourth-order valence-electron chi connectivity index (χ4n) is 8.95. The monoisotopic (exact) mass is 494 g/mol. The van der Waals surface area contributed by atoms with Crippen LogP contribution in [0.25, 0.3) is 0 Å². The normalized spacial score (nSPS) is 34.1. The molecule has 4 saturated carbocycles. The van der Waals surface area contributed by atoms with Gasteiger partial charge in [0.2, 0.25) is 5.91 Å². The van der Waals surface area contributed by atoms with Gasteiger partial charge in [0.1, 0.15) is 0 Å². The molecule has 4 bridgehead atoms. The van der Waals surface area contributed by atoms with Crippen LogP contribution in [0, 0.1) is 23.2 Å². The summed E-state index contributed by atoms with van der Waals surface area (Å²) in [5.41, 5.74) is 4.04. The number of rotatable bonds is 6. The number of nitrogens with one attached hydrogen (secondary N) is 1. The Hall–Kier alpha value is -2.41. The molecule has 36 heavy (non-hydrogen) atoms. The van der Waals surface area contributed by atoms with Crippen molar-refractivity contribution in [3.8, 4) is 0 Å². The van der Waals surface area contributed by atoms with E-state index in [1.807, 2.05) is 12.1 Å². The molecule has 7 heteroatoms. The summed E-state index contributed by atoms with van der Waals surface area (Å²) in [6, 6.07) is 3.81. The standard InChI is InChI=1S/C29H38N2O5/c1-35-26(33)16-31-6-5-20-10-21(28(34)36-2)11-22-23(3-4-24(31)27(20)22)30-25(32)15-29-12-17-7-18(13-29)9-19(8-17)14-29/h10-11,17-19,23-24H,3-9,12-16H2,1-2H3,(H,30,32)/t17?,18?,19?,23-,24+,29?/m1/s1. The highest BCUT2D eigenvalue weighted by molar-refractivity contribution is 5.90. The maximum absolute atomic E-state index is 13.5. The smallest absolute Gasteiger partial charge is 0.337 e. The molecule has 5 aliphatic carbocycles. The first-order valence-corrected chi connectivity index (χ1v) is 13.7. The number of ether oxygens (including phenoxy) is 2. The lowest BCUT2D eigenvalue weighted by molar-refractivity contribution is -0.142. The van der Waals surface area contributed by atoms with Gasteiger partial charge >= 0.3 is 11.9 Å². The molecule has 1 aromatic rings. The van der Waals surface area contributed by atoms with Crippen LogP contribution in [-0.4, -0.2) is 50.1 Å². The highest BCUT2D eigenvalue weighted by Crippen LogP contribution is 2.61.